The molecule has 1 amide bonds. The molecule has 0 unspecified atom stereocenters. The number of aromatic hydroxyl groups is 1. The van der Waals surface area contributed by atoms with Crippen LogP contribution >= 0.6 is 24.0 Å². The number of hydrogen-bond donors (Lipinski definition) is 2. The van der Waals surface area contributed by atoms with Crippen LogP contribution in [-0.2, 0) is 4.79 Å². The van der Waals surface area contributed by atoms with Crippen LogP contribution in [0.3, 0.4) is 0 Å². The molecule has 0 atom stereocenters. The summed E-state index contributed by atoms with van der Waals surface area (Å²) in [5.74, 6) is 0.0592. The summed E-state index contributed by atoms with van der Waals surface area (Å²) in [4.78, 5) is 12.2. The van der Waals surface area contributed by atoms with E-state index in [4.69, 9.17) is 12.2 Å². The molecule has 2 N–H and O–H groups in total. The number of amides is 1. The average molecular weight is 287 g/mol. The Morgan fingerprint density at radius 3 is 2.58 bits per heavy atom. The molecule has 0 radical (unpaired) electrons. The molecule has 3 nitrogen and oxygen atoms in total. The van der Waals surface area contributed by atoms with Gasteiger partial charge in [0.2, 0.25) is 0 Å². The molecule has 0 aromatic heterocycles. The number of fused-ring (bicyclic) bond motifs is 1. The number of phenolic OH excluding ortho intramolecular Hbond substituents is 1. The summed E-state index contributed by atoms with van der Waals surface area (Å²) in [5.41, 5.74) is 0.885. The molecule has 1 aliphatic rings. The SMILES string of the molecule is O=C1NC(=S)SC1=Cc1ccc(O)c2ccccc12. The third kappa shape index (κ3) is 2.22. The maximum absolute atomic E-state index is 11.7. The quantitative estimate of drug-likeness (QED) is 0.625. The van der Waals surface area contributed by atoms with Crippen molar-refractivity contribution in [3.63, 3.8) is 0 Å². The second-order valence-corrected chi connectivity index (χ2v) is 5.79. The zero-order chi connectivity index (χ0) is 13.4. The number of hydrogen-bond acceptors (Lipinski definition) is 4. The van der Waals surface area contributed by atoms with Crippen molar-refractivity contribution in [2.75, 3.05) is 0 Å². The first-order chi connectivity index (χ1) is 9.15. The lowest BCUT2D eigenvalue weighted by Gasteiger charge is -2.04. The molecule has 1 heterocycles. The number of carbonyl (C=O) groups excluding carboxylic acids is 1. The van der Waals surface area contributed by atoms with E-state index in [0.29, 0.717) is 9.23 Å². The zero-order valence-corrected chi connectivity index (χ0v) is 11.3. The minimum absolute atomic E-state index is 0.174. The predicted octanol–water partition coefficient (Wildman–Crippen LogP) is 3.03. The third-order valence-electron chi connectivity index (χ3n) is 2.86. The van der Waals surface area contributed by atoms with E-state index < -0.39 is 0 Å². The number of carbonyl (C=O) groups is 1. The minimum atomic E-state index is -0.174. The zero-order valence-electron chi connectivity index (χ0n) is 9.71. The van der Waals surface area contributed by atoms with Gasteiger partial charge >= 0.3 is 0 Å². The highest BCUT2D eigenvalue weighted by Crippen LogP contribution is 2.31. The van der Waals surface area contributed by atoms with Crippen LogP contribution in [-0.4, -0.2) is 15.3 Å². The van der Waals surface area contributed by atoms with Crippen LogP contribution in [0, 0.1) is 0 Å². The highest BCUT2D eigenvalue weighted by atomic mass is 32.2. The van der Waals surface area contributed by atoms with Gasteiger partial charge in [-0.2, -0.15) is 0 Å². The third-order valence-corrected chi connectivity index (χ3v) is 4.03. The van der Waals surface area contributed by atoms with Crippen molar-refractivity contribution in [1.82, 2.24) is 5.32 Å². The second kappa shape index (κ2) is 4.68. The van der Waals surface area contributed by atoms with Crippen molar-refractivity contribution in [2.45, 2.75) is 0 Å². The van der Waals surface area contributed by atoms with Gasteiger partial charge in [0.25, 0.3) is 5.91 Å². The summed E-state index contributed by atoms with van der Waals surface area (Å²) in [6.45, 7) is 0. The number of thioether (sulfide) groups is 1. The molecule has 0 bridgehead atoms. The fraction of sp³-hybridized carbons (Fsp3) is 0. The van der Waals surface area contributed by atoms with Gasteiger partial charge in [-0.15, -0.1) is 0 Å². The first-order valence-electron chi connectivity index (χ1n) is 5.61. The monoisotopic (exact) mass is 287 g/mol. The van der Waals surface area contributed by atoms with Gasteiger partial charge in [-0.05, 0) is 23.1 Å². The van der Waals surface area contributed by atoms with E-state index >= 15 is 0 Å². The number of nitrogens with one attached hydrogen (secondary N) is 1. The highest BCUT2D eigenvalue weighted by Gasteiger charge is 2.22. The van der Waals surface area contributed by atoms with Crippen molar-refractivity contribution in [3.05, 3.63) is 46.9 Å². The Labute approximate surface area is 119 Å². The molecule has 1 aliphatic heterocycles. The number of thiocarbonyl (C=S) groups is 1. The van der Waals surface area contributed by atoms with E-state index in [9.17, 15) is 9.90 Å². The predicted molar refractivity (Wildman–Crippen MR) is 81.9 cm³/mol. The smallest absolute Gasteiger partial charge is 0.263 e. The van der Waals surface area contributed by atoms with Crippen molar-refractivity contribution >= 4 is 51.1 Å². The lowest BCUT2D eigenvalue weighted by atomic mass is 10.0. The Hall–Kier alpha value is -1.85. The van der Waals surface area contributed by atoms with Crippen LogP contribution in [0.2, 0.25) is 0 Å². The molecule has 0 saturated carbocycles. The van der Waals surface area contributed by atoms with Crippen molar-refractivity contribution in [1.29, 1.82) is 0 Å². The van der Waals surface area contributed by atoms with E-state index in [2.05, 4.69) is 5.32 Å². The second-order valence-electron chi connectivity index (χ2n) is 4.07. The van der Waals surface area contributed by atoms with Crippen LogP contribution in [0.5, 0.6) is 5.75 Å². The topological polar surface area (TPSA) is 49.3 Å². The van der Waals surface area contributed by atoms with Gasteiger partial charge in [0.1, 0.15) is 10.1 Å². The summed E-state index contributed by atoms with van der Waals surface area (Å²) in [6, 6.07) is 10.9. The molecular formula is C14H9NO2S2. The van der Waals surface area contributed by atoms with Crippen molar-refractivity contribution < 1.29 is 9.90 Å². The Morgan fingerprint density at radius 1 is 1.16 bits per heavy atom. The summed E-state index contributed by atoms with van der Waals surface area (Å²) in [6.07, 6.45) is 1.79. The van der Waals surface area contributed by atoms with E-state index in [1.54, 1.807) is 18.2 Å². The average Bonchev–Trinajstić information content (AvgIpc) is 2.72. The molecule has 2 aromatic carbocycles. The first kappa shape index (κ1) is 12.2. The van der Waals surface area contributed by atoms with Gasteiger partial charge in [-0.1, -0.05) is 54.3 Å². The van der Waals surface area contributed by atoms with Crippen molar-refractivity contribution in [2.24, 2.45) is 0 Å². The van der Waals surface area contributed by atoms with Crippen LogP contribution in [0.1, 0.15) is 5.56 Å². The molecule has 19 heavy (non-hydrogen) atoms. The highest BCUT2D eigenvalue weighted by molar-refractivity contribution is 8.26. The van der Waals surface area contributed by atoms with Gasteiger partial charge in [-0.3, -0.25) is 4.79 Å². The molecule has 2 aromatic rings. The summed E-state index contributed by atoms with van der Waals surface area (Å²) in [5, 5.41) is 14.1. The summed E-state index contributed by atoms with van der Waals surface area (Å²) >= 11 is 6.21. The van der Waals surface area contributed by atoms with E-state index in [1.807, 2.05) is 24.3 Å². The number of phenols is 1. The number of rotatable bonds is 1. The van der Waals surface area contributed by atoms with Gasteiger partial charge in [0.15, 0.2) is 0 Å². The maximum atomic E-state index is 11.7. The van der Waals surface area contributed by atoms with E-state index in [1.165, 1.54) is 11.8 Å². The van der Waals surface area contributed by atoms with Gasteiger partial charge in [0.05, 0.1) is 4.91 Å². The number of benzene rings is 2. The molecular weight excluding hydrogens is 278 g/mol. The van der Waals surface area contributed by atoms with E-state index in [-0.39, 0.29) is 11.7 Å². The van der Waals surface area contributed by atoms with Gasteiger partial charge in [0, 0.05) is 5.39 Å². The summed E-state index contributed by atoms with van der Waals surface area (Å²) < 4.78 is 0.472. The minimum Gasteiger partial charge on any atom is -0.507 e. The van der Waals surface area contributed by atoms with Crippen molar-refractivity contribution in [3.8, 4) is 5.75 Å². The van der Waals surface area contributed by atoms with Crippen LogP contribution in [0.25, 0.3) is 16.8 Å². The lowest BCUT2D eigenvalue weighted by molar-refractivity contribution is -0.115. The largest absolute Gasteiger partial charge is 0.507 e. The molecule has 0 spiro atoms. The summed E-state index contributed by atoms with van der Waals surface area (Å²) in [7, 11) is 0. The fourth-order valence-corrected chi connectivity index (χ4v) is 3.03. The molecule has 5 heteroatoms. The molecule has 94 valence electrons. The Morgan fingerprint density at radius 2 is 1.89 bits per heavy atom. The molecule has 1 saturated heterocycles. The lowest BCUT2D eigenvalue weighted by Crippen LogP contribution is -2.17. The normalized spacial score (nSPS) is 17.2. The Kier molecular flexibility index (Phi) is 3.00. The Balaban J connectivity index is 2.17. The Bertz CT molecular complexity index is 737. The van der Waals surface area contributed by atoms with Crippen LogP contribution in [0.15, 0.2) is 41.3 Å². The standard InChI is InChI=1S/C14H9NO2S2/c16-11-6-5-8(9-3-1-2-4-10(9)11)7-12-13(17)15-14(18)19-12/h1-7,16H,(H,15,17,18). The first-order valence-corrected chi connectivity index (χ1v) is 6.83. The van der Waals surface area contributed by atoms with Gasteiger partial charge in [-0.25, -0.2) is 0 Å². The maximum Gasteiger partial charge on any atom is 0.263 e. The fourth-order valence-electron chi connectivity index (χ4n) is 1.99. The molecule has 3 rings (SSSR count). The van der Waals surface area contributed by atoms with E-state index in [0.717, 1.165) is 16.3 Å². The van der Waals surface area contributed by atoms with Gasteiger partial charge < -0.3 is 10.4 Å². The van der Waals surface area contributed by atoms with Crippen LogP contribution < -0.4 is 5.32 Å². The molecule has 0 aliphatic carbocycles. The van der Waals surface area contributed by atoms with Crippen LogP contribution in [0.4, 0.5) is 0 Å². The molecule has 1 fully saturated rings.